The van der Waals surface area contributed by atoms with Crippen molar-refractivity contribution in [3.63, 3.8) is 0 Å². The molecule has 0 bridgehead atoms. The maximum atomic E-state index is 12.5. The molecule has 0 saturated heterocycles. The van der Waals surface area contributed by atoms with E-state index in [4.69, 9.17) is 16.2 Å². The van der Waals surface area contributed by atoms with Gasteiger partial charge in [-0.1, -0.05) is 60.7 Å². The van der Waals surface area contributed by atoms with Crippen molar-refractivity contribution in [2.45, 2.75) is 6.61 Å². The van der Waals surface area contributed by atoms with Gasteiger partial charge in [-0.25, -0.2) is 0 Å². The highest BCUT2D eigenvalue weighted by molar-refractivity contribution is 6.13. The molecule has 24 heavy (non-hydrogen) atoms. The van der Waals surface area contributed by atoms with E-state index in [1.165, 1.54) is 0 Å². The Hall–Kier alpha value is -3.27. The standard InChI is InChI=1S/C20H18N2O2/c21-18-16(20(23)15-9-5-2-6-10-15)11-12-17(19(18)22)24-13-14-7-3-1-4-8-14/h1-12H,13,21-22H2. The van der Waals surface area contributed by atoms with E-state index < -0.39 is 0 Å². The number of rotatable bonds is 5. The summed E-state index contributed by atoms with van der Waals surface area (Å²) in [6, 6.07) is 22.1. The van der Waals surface area contributed by atoms with Gasteiger partial charge in [0.1, 0.15) is 12.4 Å². The molecule has 0 unspecified atom stereocenters. The fraction of sp³-hybridized carbons (Fsp3) is 0.0500. The summed E-state index contributed by atoms with van der Waals surface area (Å²) in [5, 5.41) is 0. The normalized spacial score (nSPS) is 10.3. The second kappa shape index (κ2) is 6.87. The first-order chi connectivity index (χ1) is 11.7. The van der Waals surface area contributed by atoms with E-state index in [-0.39, 0.29) is 17.2 Å². The highest BCUT2D eigenvalue weighted by atomic mass is 16.5. The summed E-state index contributed by atoms with van der Waals surface area (Å²) in [4.78, 5) is 12.5. The number of hydrogen-bond acceptors (Lipinski definition) is 4. The van der Waals surface area contributed by atoms with Gasteiger partial charge in [0.05, 0.1) is 11.4 Å². The summed E-state index contributed by atoms with van der Waals surface area (Å²) in [5.41, 5.74) is 14.6. The number of hydrogen-bond donors (Lipinski definition) is 2. The Morgan fingerprint density at radius 2 is 1.42 bits per heavy atom. The zero-order valence-electron chi connectivity index (χ0n) is 13.1. The Labute approximate surface area is 140 Å². The van der Waals surface area contributed by atoms with Crippen LogP contribution in [0.25, 0.3) is 0 Å². The minimum absolute atomic E-state index is 0.158. The molecule has 0 aliphatic carbocycles. The van der Waals surface area contributed by atoms with Crippen LogP contribution in [-0.2, 0) is 6.61 Å². The molecule has 0 spiro atoms. The minimum Gasteiger partial charge on any atom is -0.487 e. The van der Waals surface area contributed by atoms with E-state index in [2.05, 4.69) is 0 Å². The number of carbonyl (C=O) groups excluding carboxylic acids is 1. The van der Waals surface area contributed by atoms with Crippen LogP contribution < -0.4 is 16.2 Å². The van der Waals surface area contributed by atoms with Gasteiger partial charge >= 0.3 is 0 Å². The molecular formula is C20H18N2O2. The maximum absolute atomic E-state index is 12.5. The fourth-order valence-electron chi connectivity index (χ4n) is 2.42. The SMILES string of the molecule is Nc1c(OCc2ccccc2)ccc(C(=O)c2ccccc2)c1N. The second-order valence-electron chi connectivity index (χ2n) is 5.41. The summed E-state index contributed by atoms with van der Waals surface area (Å²) in [6.07, 6.45) is 0. The van der Waals surface area contributed by atoms with Crippen molar-refractivity contribution in [1.29, 1.82) is 0 Å². The van der Waals surface area contributed by atoms with E-state index in [1.807, 2.05) is 48.5 Å². The molecule has 3 rings (SSSR count). The predicted octanol–water partition coefficient (Wildman–Crippen LogP) is 3.66. The molecule has 0 fully saturated rings. The topological polar surface area (TPSA) is 78.3 Å². The maximum Gasteiger partial charge on any atom is 0.195 e. The zero-order chi connectivity index (χ0) is 16.9. The lowest BCUT2D eigenvalue weighted by Gasteiger charge is -2.13. The Morgan fingerprint density at radius 1 is 0.792 bits per heavy atom. The summed E-state index contributed by atoms with van der Waals surface area (Å²) < 4.78 is 5.73. The van der Waals surface area contributed by atoms with Crippen LogP contribution in [0.15, 0.2) is 72.8 Å². The third-order valence-corrected chi connectivity index (χ3v) is 3.76. The van der Waals surface area contributed by atoms with Crippen molar-refractivity contribution >= 4 is 17.2 Å². The summed E-state index contributed by atoms with van der Waals surface area (Å²) in [6.45, 7) is 0.385. The summed E-state index contributed by atoms with van der Waals surface area (Å²) in [7, 11) is 0. The van der Waals surface area contributed by atoms with E-state index in [0.29, 0.717) is 23.5 Å². The van der Waals surface area contributed by atoms with Crippen molar-refractivity contribution in [2.24, 2.45) is 0 Å². The molecule has 3 aromatic carbocycles. The molecule has 3 aromatic rings. The van der Waals surface area contributed by atoms with Gasteiger partial charge in [-0.2, -0.15) is 0 Å². The molecule has 0 atom stereocenters. The van der Waals surface area contributed by atoms with Crippen LogP contribution in [0.3, 0.4) is 0 Å². The predicted molar refractivity (Wildman–Crippen MR) is 95.9 cm³/mol. The Morgan fingerprint density at radius 3 is 2.08 bits per heavy atom. The first kappa shape index (κ1) is 15.6. The molecule has 0 heterocycles. The van der Waals surface area contributed by atoms with E-state index in [1.54, 1.807) is 24.3 Å². The van der Waals surface area contributed by atoms with Gasteiger partial charge in [-0.05, 0) is 17.7 Å². The molecule has 0 amide bonds. The first-order valence-electron chi connectivity index (χ1n) is 7.61. The molecule has 0 aliphatic heterocycles. The van der Waals surface area contributed by atoms with Gasteiger partial charge in [0, 0.05) is 11.1 Å². The number of ether oxygens (including phenoxy) is 1. The molecule has 0 aromatic heterocycles. The lowest BCUT2D eigenvalue weighted by atomic mass is 10.0. The second-order valence-corrected chi connectivity index (χ2v) is 5.41. The van der Waals surface area contributed by atoms with Gasteiger partial charge < -0.3 is 16.2 Å². The van der Waals surface area contributed by atoms with Crippen molar-refractivity contribution in [3.8, 4) is 5.75 Å². The fourth-order valence-corrected chi connectivity index (χ4v) is 2.42. The Bertz CT molecular complexity index is 846. The van der Waals surface area contributed by atoms with Gasteiger partial charge in [0.15, 0.2) is 5.78 Å². The molecule has 0 saturated carbocycles. The third-order valence-electron chi connectivity index (χ3n) is 3.76. The molecule has 4 heteroatoms. The zero-order valence-corrected chi connectivity index (χ0v) is 13.1. The van der Waals surface area contributed by atoms with Crippen molar-refractivity contribution in [3.05, 3.63) is 89.5 Å². The highest BCUT2D eigenvalue weighted by Gasteiger charge is 2.16. The number of nitrogens with two attached hydrogens (primary N) is 2. The average Bonchev–Trinajstić information content (AvgIpc) is 2.64. The van der Waals surface area contributed by atoms with Gasteiger partial charge in [-0.3, -0.25) is 4.79 Å². The quantitative estimate of drug-likeness (QED) is 0.556. The number of benzene rings is 3. The summed E-state index contributed by atoms with van der Waals surface area (Å²) in [5.74, 6) is 0.315. The largest absolute Gasteiger partial charge is 0.487 e. The number of anilines is 2. The number of nitrogen functional groups attached to an aromatic ring is 2. The van der Waals surface area contributed by atoms with Crippen molar-refractivity contribution in [2.75, 3.05) is 11.5 Å². The Kier molecular flexibility index (Phi) is 4.47. The van der Waals surface area contributed by atoms with Crippen LogP contribution in [0.1, 0.15) is 21.5 Å². The highest BCUT2D eigenvalue weighted by Crippen LogP contribution is 2.32. The van der Waals surface area contributed by atoms with Crippen LogP contribution >= 0.6 is 0 Å². The van der Waals surface area contributed by atoms with Gasteiger partial charge in [0.2, 0.25) is 0 Å². The molecular weight excluding hydrogens is 300 g/mol. The van der Waals surface area contributed by atoms with Crippen molar-refractivity contribution in [1.82, 2.24) is 0 Å². The first-order valence-corrected chi connectivity index (χ1v) is 7.61. The lowest BCUT2D eigenvalue weighted by Crippen LogP contribution is -2.09. The molecule has 120 valence electrons. The van der Waals surface area contributed by atoms with Crippen LogP contribution in [0.5, 0.6) is 5.75 Å². The molecule has 0 aliphatic rings. The minimum atomic E-state index is -0.158. The van der Waals surface area contributed by atoms with E-state index in [0.717, 1.165) is 5.56 Å². The van der Waals surface area contributed by atoms with Crippen LogP contribution in [0, 0.1) is 0 Å². The van der Waals surface area contributed by atoms with Gasteiger partial charge in [0.25, 0.3) is 0 Å². The van der Waals surface area contributed by atoms with Crippen LogP contribution in [-0.4, -0.2) is 5.78 Å². The molecule has 4 N–H and O–H groups in total. The van der Waals surface area contributed by atoms with E-state index in [9.17, 15) is 4.79 Å². The third kappa shape index (κ3) is 3.22. The van der Waals surface area contributed by atoms with Crippen LogP contribution in [0.2, 0.25) is 0 Å². The monoisotopic (exact) mass is 318 g/mol. The van der Waals surface area contributed by atoms with Crippen LogP contribution in [0.4, 0.5) is 11.4 Å². The smallest absolute Gasteiger partial charge is 0.195 e. The number of carbonyl (C=O) groups is 1. The van der Waals surface area contributed by atoms with E-state index >= 15 is 0 Å². The summed E-state index contributed by atoms with van der Waals surface area (Å²) >= 11 is 0. The lowest BCUT2D eigenvalue weighted by molar-refractivity contribution is 0.103. The number of ketones is 1. The molecule has 4 nitrogen and oxygen atoms in total. The average molecular weight is 318 g/mol. The molecule has 0 radical (unpaired) electrons. The van der Waals surface area contributed by atoms with Crippen molar-refractivity contribution < 1.29 is 9.53 Å². The van der Waals surface area contributed by atoms with Gasteiger partial charge in [-0.15, -0.1) is 0 Å². The Balaban J connectivity index is 1.82.